The summed E-state index contributed by atoms with van der Waals surface area (Å²) in [4.78, 5) is 23.5. The van der Waals surface area contributed by atoms with Crippen LogP contribution in [0, 0.1) is 11.3 Å². The van der Waals surface area contributed by atoms with Gasteiger partial charge in [-0.2, -0.15) is 5.26 Å². The summed E-state index contributed by atoms with van der Waals surface area (Å²) in [6, 6.07) is 9.27. The van der Waals surface area contributed by atoms with E-state index in [1.54, 1.807) is 11.4 Å². The molecule has 2 aromatic rings. The standard InChI is InChI=1S/C13H11N3O2S/c14-5-6-16-13(18)11(12(15)17)9-7-19-10-4-2-1-3-8(9)10/h1-4,7,11H,6H2,(H2,15,17)(H,16,18). The Morgan fingerprint density at radius 1 is 1.42 bits per heavy atom. The molecule has 0 aliphatic rings. The lowest BCUT2D eigenvalue weighted by Gasteiger charge is -2.11. The zero-order valence-electron chi connectivity index (χ0n) is 9.92. The number of carbonyl (C=O) groups excluding carboxylic acids is 2. The third-order valence-electron chi connectivity index (χ3n) is 2.71. The van der Waals surface area contributed by atoms with Crippen LogP contribution in [0.5, 0.6) is 0 Å². The van der Waals surface area contributed by atoms with Crippen LogP contribution in [-0.2, 0) is 9.59 Å². The molecule has 1 aromatic heterocycles. The number of nitrogens with one attached hydrogen (secondary N) is 1. The number of nitrogens with zero attached hydrogens (tertiary/aromatic N) is 1. The first-order chi connectivity index (χ1) is 9.15. The lowest BCUT2D eigenvalue weighted by atomic mass is 9.97. The Kier molecular flexibility index (Phi) is 3.78. The van der Waals surface area contributed by atoms with Crippen LogP contribution in [-0.4, -0.2) is 18.4 Å². The highest BCUT2D eigenvalue weighted by molar-refractivity contribution is 7.17. The van der Waals surface area contributed by atoms with Crippen LogP contribution in [0.3, 0.4) is 0 Å². The predicted octanol–water partition coefficient (Wildman–Crippen LogP) is 1.11. The first kappa shape index (κ1) is 13.1. The Morgan fingerprint density at radius 3 is 2.84 bits per heavy atom. The third-order valence-corrected chi connectivity index (χ3v) is 3.69. The number of hydrogen-bond acceptors (Lipinski definition) is 4. The van der Waals surface area contributed by atoms with Crippen molar-refractivity contribution in [3.8, 4) is 6.07 Å². The highest BCUT2D eigenvalue weighted by Gasteiger charge is 2.28. The largest absolute Gasteiger partial charge is 0.369 e. The van der Waals surface area contributed by atoms with E-state index in [4.69, 9.17) is 11.0 Å². The first-order valence-corrected chi connectivity index (χ1v) is 6.43. The molecular weight excluding hydrogens is 262 g/mol. The van der Waals surface area contributed by atoms with Crippen molar-refractivity contribution < 1.29 is 9.59 Å². The highest BCUT2D eigenvalue weighted by Crippen LogP contribution is 2.31. The van der Waals surface area contributed by atoms with Crippen LogP contribution < -0.4 is 11.1 Å². The van der Waals surface area contributed by atoms with Crippen LogP contribution in [0.15, 0.2) is 29.6 Å². The molecule has 1 aromatic carbocycles. The molecule has 0 saturated heterocycles. The lowest BCUT2D eigenvalue weighted by molar-refractivity contribution is -0.129. The summed E-state index contributed by atoms with van der Waals surface area (Å²) in [7, 11) is 0. The number of thiophene rings is 1. The van der Waals surface area contributed by atoms with E-state index in [0.717, 1.165) is 10.1 Å². The van der Waals surface area contributed by atoms with Gasteiger partial charge in [-0.15, -0.1) is 11.3 Å². The number of fused-ring (bicyclic) bond motifs is 1. The monoisotopic (exact) mass is 273 g/mol. The molecule has 0 fully saturated rings. The second-order valence-corrected chi connectivity index (χ2v) is 4.81. The van der Waals surface area contributed by atoms with Gasteiger partial charge in [0.2, 0.25) is 11.8 Å². The smallest absolute Gasteiger partial charge is 0.237 e. The normalized spacial score (nSPS) is 11.7. The predicted molar refractivity (Wildman–Crippen MR) is 72.4 cm³/mol. The molecule has 0 aliphatic heterocycles. The van der Waals surface area contributed by atoms with Crippen molar-refractivity contribution in [2.24, 2.45) is 5.73 Å². The van der Waals surface area contributed by atoms with Crippen molar-refractivity contribution >= 4 is 33.2 Å². The number of rotatable bonds is 4. The molecular formula is C13H11N3O2S. The minimum absolute atomic E-state index is 0.148. The first-order valence-electron chi connectivity index (χ1n) is 5.55. The van der Waals surface area contributed by atoms with E-state index in [2.05, 4.69) is 5.32 Å². The summed E-state index contributed by atoms with van der Waals surface area (Å²) in [5.74, 6) is -2.33. The lowest BCUT2D eigenvalue weighted by Crippen LogP contribution is -2.37. The van der Waals surface area contributed by atoms with Crippen LogP contribution in [0.4, 0.5) is 0 Å². The van der Waals surface area contributed by atoms with Crippen LogP contribution in [0.25, 0.3) is 10.1 Å². The van der Waals surface area contributed by atoms with Crippen molar-refractivity contribution in [1.82, 2.24) is 5.32 Å². The Labute approximate surface area is 113 Å². The average Bonchev–Trinajstić information content (AvgIpc) is 2.80. The van der Waals surface area contributed by atoms with Gasteiger partial charge in [0.25, 0.3) is 0 Å². The Balaban J connectivity index is 2.42. The molecule has 0 spiro atoms. The van der Waals surface area contributed by atoms with Crippen molar-refractivity contribution in [2.45, 2.75) is 5.92 Å². The fourth-order valence-electron chi connectivity index (χ4n) is 1.87. The molecule has 96 valence electrons. The third kappa shape index (κ3) is 2.56. The van der Waals surface area contributed by atoms with Crippen LogP contribution in [0.1, 0.15) is 11.5 Å². The summed E-state index contributed by atoms with van der Waals surface area (Å²) in [5.41, 5.74) is 5.90. The van der Waals surface area contributed by atoms with E-state index in [1.165, 1.54) is 11.3 Å². The summed E-state index contributed by atoms with van der Waals surface area (Å²) < 4.78 is 0.983. The number of amides is 2. The maximum atomic E-state index is 11.9. The van der Waals surface area contributed by atoms with E-state index in [-0.39, 0.29) is 6.54 Å². The number of benzene rings is 1. The van der Waals surface area contributed by atoms with Crippen molar-refractivity contribution in [3.05, 3.63) is 35.2 Å². The maximum absolute atomic E-state index is 11.9. The van der Waals surface area contributed by atoms with Crippen molar-refractivity contribution in [1.29, 1.82) is 5.26 Å². The molecule has 1 atom stereocenters. The summed E-state index contributed by atoms with van der Waals surface area (Å²) >= 11 is 1.45. The second-order valence-electron chi connectivity index (χ2n) is 3.90. The van der Waals surface area contributed by atoms with Gasteiger partial charge in [-0.05, 0) is 22.4 Å². The van der Waals surface area contributed by atoms with Crippen molar-refractivity contribution in [2.75, 3.05) is 6.54 Å². The summed E-state index contributed by atoms with van der Waals surface area (Å²) in [5, 5.41) is 13.4. The Bertz CT molecular complexity index is 672. The molecule has 1 unspecified atom stereocenters. The van der Waals surface area contributed by atoms with Gasteiger partial charge in [-0.3, -0.25) is 9.59 Å². The van der Waals surface area contributed by atoms with Gasteiger partial charge in [-0.1, -0.05) is 18.2 Å². The fourth-order valence-corrected chi connectivity index (χ4v) is 2.86. The second kappa shape index (κ2) is 5.50. The summed E-state index contributed by atoms with van der Waals surface area (Å²) in [6.07, 6.45) is 0. The molecule has 5 nitrogen and oxygen atoms in total. The molecule has 0 bridgehead atoms. The molecule has 0 aliphatic carbocycles. The summed E-state index contributed by atoms with van der Waals surface area (Å²) in [6.45, 7) is -0.148. The quantitative estimate of drug-likeness (QED) is 0.645. The van der Waals surface area contributed by atoms with Crippen LogP contribution in [0.2, 0.25) is 0 Å². The zero-order chi connectivity index (χ0) is 13.8. The molecule has 6 heteroatoms. The number of nitrogens with two attached hydrogens (primary N) is 1. The topological polar surface area (TPSA) is 96.0 Å². The van der Waals surface area contributed by atoms with E-state index in [9.17, 15) is 9.59 Å². The molecule has 19 heavy (non-hydrogen) atoms. The van der Waals surface area contributed by atoms with Crippen molar-refractivity contribution in [3.63, 3.8) is 0 Å². The Hall–Kier alpha value is -2.39. The fraction of sp³-hybridized carbons (Fsp3) is 0.154. The number of carbonyl (C=O) groups is 2. The van der Waals surface area contributed by atoms with E-state index in [0.29, 0.717) is 5.56 Å². The van der Waals surface area contributed by atoms with Crippen LogP contribution >= 0.6 is 11.3 Å². The SMILES string of the molecule is N#CCNC(=O)C(C(N)=O)c1csc2ccccc12. The molecule has 0 radical (unpaired) electrons. The molecule has 1 heterocycles. The molecule has 0 saturated carbocycles. The molecule has 2 rings (SSSR count). The van der Waals surface area contributed by atoms with Gasteiger partial charge < -0.3 is 11.1 Å². The van der Waals surface area contributed by atoms with E-state index in [1.807, 2.05) is 24.3 Å². The van der Waals surface area contributed by atoms with Gasteiger partial charge >= 0.3 is 0 Å². The zero-order valence-corrected chi connectivity index (χ0v) is 10.7. The minimum atomic E-state index is -1.07. The van der Waals surface area contributed by atoms with Gasteiger partial charge in [0.15, 0.2) is 0 Å². The number of hydrogen-bond donors (Lipinski definition) is 2. The van der Waals surface area contributed by atoms with Gasteiger partial charge in [0.1, 0.15) is 12.5 Å². The van der Waals surface area contributed by atoms with Gasteiger partial charge in [-0.25, -0.2) is 0 Å². The minimum Gasteiger partial charge on any atom is -0.369 e. The number of nitriles is 1. The highest BCUT2D eigenvalue weighted by atomic mass is 32.1. The Morgan fingerprint density at radius 2 is 2.16 bits per heavy atom. The van der Waals surface area contributed by atoms with E-state index < -0.39 is 17.7 Å². The van der Waals surface area contributed by atoms with Gasteiger partial charge in [0.05, 0.1) is 6.07 Å². The molecule has 2 amide bonds. The number of primary amides is 1. The average molecular weight is 273 g/mol. The molecule has 3 N–H and O–H groups in total. The maximum Gasteiger partial charge on any atom is 0.237 e. The van der Waals surface area contributed by atoms with Gasteiger partial charge in [0, 0.05) is 4.70 Å². The van der Waals surface area contributed by atoms with E-state index >= 15 is 0 Å².